The first-order valence-corrected chi connectivity index (χ1v) is 11.8. The Hall–Kier alpha value is -1.92. The molecule has 1 aromatic heterocycles. The van der Waals surface area contributed by atoms with Crippen LogP contribution in [-0.4, -0.2) is 55.3 Å². The second kappa shape index (κ2) is 9.33. The van der Waals surface area contributed by atoms with E-state index >= 15 is 0 Å². The Bertz CT molecular complexity index is 703. The van der Waals surface area contributed by atoms with Gasteiger partial charge < -0.3 is 19.9 Å². The summed E-state index contributed by atoms with van der Waals surface area (Å²) in [5.41, 5.74) is -3.67. The molecule has 0 radical (unpaired) electrons. The summed E-state index contributed by atoms with van der Waals surface area (Å²) in [4.78, 5) is 23.3. The molecule has 0 aromatic carbocycles. The molecule has 1 aromatic rings. The number of alkyl halides is 3. The molecule has 0 bridgehead atoms. The summed E-state index contributed by atoms with van der Waals surface area (Å²) < 4.78 is 50.6. The fraction of sp³-hybridized carbons (Fsp3) is 0.667. The summed E-state index contributed by atoms with van der Waals surface area (Å²) >= 11 is 0. The summed E-state index contributed by atoms with van der Waals surface area (Å²) in [5.74, 6) is -1.43. The van der Waals surface area contributed by atoms with Crippen molar-refractivity contribution in [2.45, 2.75) is 44.6 Å². The Morgan fingerprint density at radius 1 is 1.41 bits per heavy atom. The fourth-order valence-electron chi connectivity index (χ4n) is 2.02. The molecule has 0 saturated carbocycles. The van der Waals surface area contributed by atoms with Crippen molar-refractivity contribution in [1.29, 1.82) is 0 Å². The van der Waals surface area contributed by atoms with Gasteiger partial charge in [0.2, 0.25) is 0 Å². The number of methoxy groups -OCH3 is 1. The van der Waals surface area contributed by atoms with Gasteiger partial charge in [0.25, 0.3) is 5.56 Å². The lowest BCUT2D eigenvalue weighted by Crippen LogP contribution is -2.38. The number of nitrogens with zero attached hydrogens (tertiary/aromatic N) is 2. The Balaban J connectivity index is 3.09. The molecule has 27 heavy (non-hydrogen) atoms. The number of hydrogen-bond acceptors (Lipinski definition) is 6. The number of rotatable bonds is 10. The third-order valence-corrected chi connectivity index (χ3v) is 5.20. The lowest BCUT2D eigenvalue weighted by Gasteiger charge is -2.19. The monoisotopic (exact) mass is 411 g/mol. The number of halogens is 3. The average Bonchev–Trinajstić information content (AvgIpc) is 2.50. The minimum Gasteiger partial charge on any atom is -0.480 e. The van der Waals surface area contributed by atoms with Crippen LogP contribution in [0.25, 0.3) is 0 Å². The minimum absolute atomic E-state index is 0.306. The second-order valence-corrected chi connectivity index (χ2v) is 12.7. The molecule has 0 aliphatic carbocycles. The number of nitrogens with one attached hydrogen (secondary N) is 1. The number of aromatic nitrogens is 2. The van der Waals surface area contributed by atoms with Crippen LogP contribution in [0.15, 0.2) is 11.0 Å². The molecular formula is C15H24F3N3O5Si. The van der Waals surface area contributed by atoms with Gasteiger partial charge in [-0.05, 0) is 6.04 Å². The van der Waals surface area contributed by atoms with Gasteiger partial charge in [0, 0.05) is 21.8 Å². The van der Waals surface area contributed by atoms with E-state index < -0.39 is 56.4 Å². The Kier molecular flexibility index (Phi) is 7.99. The van der Waals surface area contributed by atoms with Crippen molar-refractivity contribution >= 4 is 19.7 Å². The van der Waals surface area contributed by atoms with Crippen LogP contribution < -0.4 is 10.9 Å². The second-order valence-electron chi connectivity index (χ2n) is 7.07. The minimum atomic E-state index is -5.00. The molecule has 1 heterocycles. The van der Waals surface area contributed by atoms with Crippen molar-refractivity contribution in [2.24, 2.45) is 0 Å². The molecule has 1 unspecified atom stereocenters. The summed E-state index contributed by atoms with van der Waals surface area (Å²) in [7, 11) is -0.181. The molecule has 0 aliphatic heterocycles. The van der Waals surface area contributed by atoms with Gasteiger partial charge in [-0.15, -0.1) is 0 Å². The van der Waals surface area contributed by atoms with Crippen LogP contribution in [0, 0.1) is 0 Å². The van der Waals surface area contributed by atoms with Gasteiger partial charge in [-0.2, -0.15) is 18.3 Å². The van der Waals surface area contributed by atoms with Gasteiger partial charge in [-0.1, -0.05) is 19.6 Å². The molecule has 0 aliphatic rings. The quantitative estimate of drug-likeness (QED) is 0.449. The van der Waals surface area contributed by atoms with Crippen molar-refractivity contribution in [3.8, 4) is 0 Å². The normalized spacial score (nSPS) is 13.4. The van der Waals surface area contributed by atoms with E-state index in [2.05, 4.69) is 34.8 Å². The van der Waals surface area contributed by atoms with Crippen LogP contribution in [-0.2, 0) is 27.2 Å². The van der Waals surface area contributed by atoms with E-state index in [4.69, 9.17) is 9.84 Å². The van der Waals surface area contributed by atoms with Crippen molar-refractivity contribution in [3.05, 3.63) is 22.1 Å². The summed E-state index contributed by atoms with van der Waals surface area (Å²) in [6.45, 7) is 5.83. The van der Waals surface area contributed by atoms with Crippen LogP contribution in [0.4, 0.5) is 18.9 Å². The van der Waals surface area contributed by atoms with E-state index in [-0.39, 0.29) is 0 Å². The van der Waals surface area contributed by atoms with Crippen molar-refractivity contribution in [1.82, 2.24) is 9.78 Å². The Morgan fingerprint density at radius 3 is 2.52 bits per heavy atom. The zero-order valence-electron chi connectivity index (χ0n) is 15.6. The number of carboxylic acids is 1. The largest absolute Gasteiger partial charge is 0.480 e. The summed E-state index contributed by atoms with van der Waals surface area (Å²) in [5, 5.41) is 14.9. The maximum absolute atomic E-state index is 13.4. The summed E-state index contributed by atoms with van der Waals surface area (Å²) in [6.07, 6.45) is -4.24. The highest BCUT2D eigenvalue weighted by molar-refractivity contribution is 6.76. The molecule has 8 nitrogen and oxygen atoms in total. The number of ether oxygens (including phenoxy) is 2. The van der Waals surface area contributed by atoms with E-state index in [1.807, 2.05) is 0 Å². The fourth-order valence-corrected chi connectivity index (χ4v) is 2.78. The van der Waals surface area contributed by atoms with E-state index in [9.17, 15) is 22.8 Å². The van der Waals surface area contributed by atoms with Gasteiger partial charge in [0.05, 0.1) is 18.5 Å². The topological polar surface area (TPSA) is 103 Å². The predicted molar refractivity (Wildman–Crippen MR) is 94.5 cm³/mol. The Morgan fingerprint density at radius 2 is 2.04 bits per heavy atom. The van der Waals surface area contributed by atoms with E-state index in [1.165, 1.54) is 7.11 Å². The van der Waals surface area contributed by atoms with Crippen molar-refractivity contribution in [3.63, 3.8) is 0 Å². The molecular weight excluding hydrogens is 387 g/mol. The Labute approximate surface area is 155 Å². The molecule has 1 atom stereocenters. The third kappa shape index (κ3) is 7.31. The molecule has 0 fully saturated rings. The first-order valence-electron chi connectivity index (χ1n) is 8.10. The average molecular weight is 411 g/mol. The van der Waals surface area contributed by atoms with Gasteiger partial charge in [0.1, 0.15) is 18.3 Å². The lowest BCUT2D eigenvalue weighted by molar-refractivity contribution is -0.141. The number of carbonyl (C=O) groups is 1. The summed E-state index contributed by atoms with van der Waals surface area (Å²) in [6, 6.07) is -0.689. The van der Waals surface area contributed by atoms with E-state index in [1.54, 1.807) is 0 Å². The highest BCUT2D eigenvalue weighted by atomic mass is 28.3. The lowest BCUT2D eigenvalue weighted by atomic mass is 10.2. The van der Waals surface area contributed by atoms with Crippen LogP contribution in [0.1, 0.15) is 5.56 Å². The first-order chi connectivity index (χ1) is 12.4. The van der Waals surface area contributed by atoms with Gasteiger partial charge >= 0.3 is 12.1 Å². The van der Waals surface area contributed by atoms with Crippen LogP contribution in [0.5, 0.6) is 0 Å². The zero-order valence-corrected chi connectivity index (χ0v) is 16.6. The van der Waals surface area contributed by atoms with E-state index in [0.29, 0.717) is 11.3 Å². The molecule has 1 rings (SSSR count). The highest BCUT2D eigenvalue weighted by Crippen LogP contribution is 2.32. The van der Waals surface area contributed by atoms with Crippen LogP contribution in [0.2, 0.25) is 25.7 Å². The van der Waals surface area contributed by atoms with Crippen LogP contribution in [0.3, 0.4) is 0 Å². The highest BCUT2D eigenvalue weighted by Gasteiger charge is 2.39. The van der Waals surface area contributed by atoms with Gasteiger partial charge in [-0.3, -0.25) is 4.79 Å². The van der Waals surface area contributed by atoms with Gasteiger partial charge in [0.15, 0.2) is 0 Å². The molecule has 154 valence electrons. The predicted octanol–water partition coefficient (Wildman–Crippen LogP) is 2.09. The molecule has 12 heteroatoms. The number of anilines is 1. The number of hydrogen-bond donors (Lipinski definition) is 2. The maximum atomic E-state index is 13.4. The number of aliphatic carboxylic acids is 1. The SMILES string of the molecule is COCC(Nc1cnn(COCC[Si](C)(C)C)c(=O)c1C(F)(F)F)C(=O)O. The van der Waals surface area contributed by atoms with Gasteiger partial charge in [-0.25, -0.2) is 9.48 Å². The first kappa shape index (κ1) is 23.1. The maximum Gasteiger partial charge on any atom is 0.423 e. The zero-order chi connectivity index (χ0) is 20.8. The molecule has 2 N–H and O–H groups in total. The molecule has 0 amide bonds. The smallest absolute Gasteiger partial charge is 0.423 e. The molecule has 0 spiro atoms. The van der Waals surface area contributed by atoms with Crippen molar-refractivity contribution in [2.75, 3.05) is 25.6 Å². The number of carboxylic acid groups (broad SMARTS) is 1. The standard InChI is InChI=1S/C15H24F3N3O5Si/c1-25-8-11(14(23)24)20-10-7-19-21(9-26-5-6-27(2,3)4)13(22)12(10)15(16,17)18/h7,11,20H,5-6,8-9H2,1-4H3,(H,23,24). The van der Waals surface area contributed by atoms with Crippen molar-refractivity contribution < 1.29 is 32.5 Å². The third-order valence-electron chi connectivity index (χ3n) is 3.50. The van der Waals surface area contributed by atoms with Crippen LogP contribution >= 0.6 is 0 Å². The molecule has 0 saturated heterocycles. The van der Waals surface area contributed by atoms with E-state index in [0.717, 1.165) is 12.2 Å².